The summed E-state index contributed by atoms with van der Waals surface area (Å²) in [4.78, 5) is 56.8. The van der Waals surface area contributed by atoms with Gasteiger partial charge in [0.05, 0.1) is 17.2 Å². The molecule has 2 heterocycles. The number of aliphatic carboxylic acids is 1. The Hall–Kier alpha value is -4.69. The predicted molar refractivity (Wildman–Crippen MR) is 141 cm³/mol. The molecule has 0 saturated carbocycles. The van der Waals surface area contributed by atoms with Crippen LogP contribution in [0.25, 0.3) is 11.3 Å². The first-order chi connectivity index (χ1) is 18.8. The minimum Gasteiger partial charge on any atom is -0.480 e. The van der Waals surface area contributed by atoms with Crippen LogP contribution in [0.1, 0.15) is 33.6 Å². The zero-order chi connectivity index (χ0) is 29.6. The van der Waals surface area contributed by atoms with Crippen molar-refractivity contribution in [1.82, 2.24) is 19.8 Å². The van der Waals surface area contributed by atoms with Crippen LogP contribution in [0, 0.1) is 10.1 Å². The van der Waals surface area contributed by atoms with E-state index in [0.29, 0.717) is 30.8 Å². The number of carboxylic acid groups (broad SMARTS) is 2. The number of likely N-dealkylation sites (tertiary alicyclic amines) is 1. The van der Waals surface area contributed by atoms with Crippen molar-refractivity contribution >= 4 is 29.5 Å². The lowest BCUT2D eigenvalue weighted by Gasteiger charge is -2.24. The highest BCUT2D eigenvalue weighted by molar-refractivity contribution is 5.83. The number of nitrogens with one attached hydrogen (secondary N) is 1. The molecule has 0 radical (unpaired) electrons. The Morgan fingerprint density at radius 2 is 1.98 bits per heavy atom. The largest absolute Gasteiger partial charge is 0.480 e. The van der Waals surface area contributed by atoms with E-state index in [9.17, 15) is 34.7 Å². The Labute approximate surface area is 229 Å². The van der Waals surface area contributed by atoms with E-state index in [-0.39, 0.29) is 30.4 Å². The summed E-state index contributed by atoms with van der Waals surface area (Å²) in [6.45, 7) is 5.77. The molecule has 1 aliphatic heterocycles. The summed E-state index contributed by atoms with van der Waals surface area (Å²) in [6.07, 6.45) is -0.886. The minimum atomic E-state index is -1.38. The van der Waals surface area contributed by atoms with E-state index in [0.717, 1.165) is 4.90 Å². The highest BCUT2D eigenvalue weighted by Crippen LogP contribution is 2.35. The molecule has 3 N–H and O–H groups in total. The molecule has 1 fully saturated rings. The lowest BCUT2D eigenvalue weighted by atomic mass is 10.1. The second-order valence-corrected chi connectivity index (χ2v) is 10.1. The highest BCUT2D eigenvalue weighted by Gasteiger charge is 2.41. The van der Waals surface area contributed by atoms with Crippen LogP contribution in [0.15, 0.2) is 30.5 Å². The van der Waals surface area contributed by atoms with E-state index < -0.39 is 40.8 Å². The number of aromatic nitrogens is 2. The summed E-state index contributed by atoms with van der Waals surface area (Å²) in [5.74, 6) is -1.28. The number of rotatable bonds is 10. The topological polar surface area (TPSA) is 198 Å². The van der Waals surface area contributed by atoms with Crippen LogP contribution in [0.3, 0.4) is 0 Å². The quantitative estimate of drug-likeness (QED) is 0.218. The number of ether oxygens (including phenoxy) is 2. The third-order valence-corrected chi connectivity index (χ3v) is 5.89. The summed E-state index contributed by atoms with van der Waals surface area (Å²) in [5.41, 5.74) is 0.0836. The smallest absolute Gasteiger partial charge is 0.410 e. The average molecular weight is 561 g/mol. The first-order valence-corrected chi connectivity index (χ1v) is 12.4. The van der Waals surface area contributed by atoms with Gasteiger partial charge in [0.1, 0.15) is 23.4 Å². The minimum absolute atomic E-state index is 0.0867. The Bertz CT molecular complexity index is 1240. The molecule has 15 heteroatoms. The lowest BCUT2D eigenvalue weighted by molar-refractivity contribution is -0.383. The van der Waals surface area contributed by atoms with Crippen molar-refractivity contribution in [1.29, 1.82) is 0 Å². The number of para-hydroxylation sites is 1. The molecule has 2 amide bonds. The molecular formula is C25H32N6O9. The Morgan fingerprint density at radius 3 is 2.58 bits per heavy atom. The fourth-order valence-corrected chi connectivity index (χ4v) is 4.08. The fourth-order valence-electron chi connectivity index (χ4n) is 4.08. The van der Waals surface area contributed by atoms with E-state index in [1.54, 1.807) is 33.9 Å². The lowest BCUT2D eigenvalue weighted by Crippen LogP contribution is -2.39. The summed E-state index contributed by atoms with van der Waals surface area (Å²) < 4.78 is 11.0. The molecule has 1 aromatic carbocycles. The van der Waals surface area contributed by atoms with Gasteiger partial charge in [0.15, 0.2) is 0 Å². The number of hydrogen-bond donors (Lipinski definition) is 3. The van der Waals surface area contributed by atoms with Gasteiger partial charge < -0.3 is 29.9 Å². The van der Waals surface area contributed by atoms with Gasteiger partial charge in [-0.1, -0.05) is 12.1 Å². The number of nitro benzene ring substituents is 1. The Kier molecular flexibility index (Phi) is 9.29. The molecule has 15 nitrogen and oxygen atoms in total. The van der Waals surface area contributed by atoms with E-state index in [1.807, 2.05) is 0 Å². The van der Waals surface area contributed by atoms with Gasteiger partial charge in [-0.2, -0.15) is 4.98 Å². The second-order valence-electron chi connectivity index (χ2n) is 10.1. The van der Waals surface area contributed by atoms with Crippen molar-refractivity contribution in [3.05, 3.63) is 40.6 Å². The molecule has 2 aromatic rings. The standard InChI is InChI=1S/C25H32N6O9/c1-25(2,3)40-24(36)29(4)12-6-10-26-20-16(7-5-8-18(20)31(37)38)17-9-11-27-22(28-17)39-15-13-19(21(32)33)30(14-15)23(34)35/h5,7-9,11,15,19,26H,6,10,12-14H2,1-4H3,(H,32,33)(H,34,35)/t15-,19-/m0/s1. The molecule has 0 aliphatic carbocycles. The monoisotopic (exact) mass is 560 g/mol. The molecule has 1 aromatic heterocycles. The van der Waals surface area contributed by atoms with Crippen LogP contribution in [0.4, 0.5) is 21.0 Å². The molecule has 1 saturated heterocycles. The number of anilines is 1. The van der Waals surface area contributed by atoms with Gasteiger partial charge in [-0.25, -0.2) is 19.4 Å². The number of nitro groups is 1. The summed E-state index contributed by atoms with van der Waals surface area (Å²) >= 11 is 0. The van der Waals surface area contributed by atoms with Gasteiger partial charge in [-0.3, -0.25) is 15.0 Å². The Morgan fingerprint density at radius 1 is 1.25 bits per heavy atom. The van der Waals surface area contributed by atoms with Gasteiger partial charge >= 0.3 is 24.2 Å². The molecule has 0 unspecified atom stereocenters. The number of carbonyl (C=O) groups excluding carboxylic acids is 1. The van der Waals surface area contributed by atoms with E-state index in [1.165, 1.54) is 29.3 Å². The highest BCUT2D eigenvalue weighted by atomic mass is 16.6. The zero-order valence-electron chi connectivity index (χ0n) is 22.6. The second kappa shape index (κ2) is 12.4. The normalized spacial score (nSPS) is 16.8. The van der Waals surface area contributed by atoms with Crippen molar-refractivity contribution in [3.8, 4) is 17.3 Å². The summed E-state index contributed by atoms with van der Waals surface area (Å²) in [5, 5.41) is 33.5. The number of carbonyl (C=O) groups is 3. The SMILES string of the molecule is CN(CCCNc1c(-c2ccnc(O[C@H]3C[C@@H](C(=O)O)N(C(=O)O)C3)n2)cccc1[N+](=O)[O-])C(=O)OC(C)(C)C. The third kappa shape index (κ3) is 7.68. The van der Waals surface area contributed by atoms with Crippen molar-refractivity contribution < 1.29 is 39.0 Å². The van der Waals surface area contributed by atoms with Crippen molar-refractivity contribution in [3.63, 3.8) is 0 Å². The number of benzene rings is 1. The van der Waals surface area contributed by atoms with Crippen LogP contribution in [0.2, 0.25) is 0 Å². The van der Waals surface area contributed by atoms with Gasteiger partial charge in [0, 0.05) is 44.4 Å². The van der Waals surface area contributed by atoms with E-state index >= 15 is 0 Å². The molecule has 3 rings (SSSR count). The molecular weight excluding hydrogens is 528 g/mol. The van der Waals surface area contributed by atoms with Gasteiger partial charge in [-0.15, -0.1) is 0 Å². The van der Waals surface area contributed by atoms with E-state index in [2.05, 4.69) is 15.3 Å². The first-order valence-electron chi connectivity index (χ1n) is 12.4. The van der Waals surface area contributed by atoms with Crippen molar-refractivity contribution in [2.75, 3.05) is 32.0 Å². The predicted octanol–water partition coefficient (Wildman–Crippen LogP) is 3.31. The first kappa shape index (κ1) is 29.9. The van der Waals surface area contributed by atoms with Gasteiger partial charge in [-0.05, 0) is 33.3 Å². The van der Waals surface area contributed by atoms with Crippen molar-refractivity contribution in [2.45, 2.75) is 51.4 Å². The number of amides is 2. The van der Waals surface area contributed by atoms with Gasteiger partial charge in [0.25, 0.3) is 5.69 Å². The van der Waals surface area contributed by atoms with Crippen LogP contribution >= 0.6 is 0 Å². The fraction of sp³-hybridized carbons (Fsp3) is 0.480. The maximum absolute atomic E-state index is 12.2. The molecule has 40 heavy (non-hydrogen) atoms. The molecule has 2 atom stereocenters. The maximum atomic E-state index is 12.2. The van der Waals surface area contributed by atoms with Crippen LogP contribution in [-0.2, 0) is 9.53 Å². The van der Waals surface area contributed by atoms with Crippen LogP contribution in [0.5, 0.6) is 6.01 Å². The third-order valence-electron chi connectivity index (χ3n) is 5.89. The number of hydrogen-bond acceptors (Lipinski definition) is 10. The molecule has 216 valence electrons. The zero-order valence-corrected chi connectivity index (χ0v) is 22.6. The number of nitrogens with zero attached hydrogens (tertiary/aromatic N) is 5. The summed E-state index contributed by atoms with van der Waals surface area (Å²) in [7, 11) is 1.60. The Balaban J connectivity index is 1.75. The van der Waals surface area contributed by atoms with Gasteiger partial charge in [0.2, 0.25) is 0 Å². The van der Waals surface area contributed by atoms with Crippen LogP contribution in [-0.4, -0.2) is 97.5 Å². The van der Waals surface area contributed by atoms with Crippen LogP contribution < -0.4 is 10.1 Å². The van der Waals surface area contributed by atoms with E-state index in [4.69, 9.17) is 9.47 Å². The maximum Gasteiger partial charge on any atom is 0.410 e. The number of carboxylic acids is 1. The molecule has 0 bridgehead atoms. The van der Waals surface area contributed by atoms with Crippen molar-refractivity contribution in [2.24, 2.45) is 0 Å². The molecule has 0 spiro atoms. The summed E-state index contributed by atoms with van der Waals surface area (Å²) in [6, 6.07) is 4.64. The average Bonchev–Trinajstić information content (AvgIpc) is 3.30. The molecule has 1 aliphatic rings.